The zero-order valence-electron chi connectivity index (χ0n) is 16.3. The molecule has 0 saturated heterocycles. The monoisotopic (exact) mass is 432 g/mol. The van der Waals surface area contributed by atoms with Gasteiger partial charge in [0.15, 0.2) is 11.5 Å². The highest BCUT2D eigenvalue weighted by Crippen LogP contribution is 2.48. The van der Waals surface area contributed by atoms with Crippen LogP contribution in [0.15, 0.2) is 36.4 Å². The lowest BCUT2D eigenvalue weighted by Gasteiger charge is -2.23. The van der Waals surface area contributed by atoms with Crippen molar-refractivity contribution in [3.05, 3.63) is 52.5 Å². The van der Waals surface area contributed by atoms with E-state index >= 15 is 0 Å². The summed E-state index contributed by atoms with van der Waals surface area (Å²) >= 11 is 6.30. The van der Waals surface area contributed by atoms with E-state index in [4.69, 9.17) is 26.2 Å². The molecule has 0 bridgehead atoms. The van der Waals surface area contributed by atoms with Gasteiger partial charge in [-0.05, 0) is 24.6 Å². The Labute approximate surface area is 178 Å². The van der Waals surface area contributed by atoms with Crippen molar-refractivity contribution in [3.63, 3.8) is 0 Å². The van der Waals surface area contributed by atoms with Crippen LogP contribution in [0.1, 0.15) is 35.2 Å². The highest BCUT2D eigenvalue weighted by Gasteiger charge is 2.29. The number of fused-ring (bicyclic) bond motifs is 1. The highest BCUT2D eigenvalue weighted by atomic mass is 35.5. The molecule has 0 saturated carbocycles. The van der Waals surface area contributed by atoms with Crippen molar-refractivity contribution < 1.29 is 29.0 Å². The average molecular weight is 433 g/mol. The number of aliphatic carboxylic acids is 1. The van der Waals surface area contributed by atoms with Gasteiger partial charge in [0.05, 0.1) is 10.7 Å². The number of amides is 2. The summed E-state index contributed by atoms with van der Waals surface area (Å²) in [6, 6.07) is 10.4. The van der Waals surface area contributed by atoms with E-state index in [9.17, 15) is 14.4 Å². The van der Waals surface area contributed by atoms with Gasteiger partial charge < -0.3 is 24.8 Å². The molecule has 0 unspecified atom stereocenters. The van der Waals surface area contributed by atoms with Crippen LogP contribution in [0.3, 0.4) is 0 Å². The maximum absolute atomic E-state index is 12.6. The molecule has 1 aliphatic rings. The summed E-state index contributed by atoms with van der Waals surface area (Å²) in [5.74, 6) is -0.868. The number of anilines is 1. The number of nitrogens with zero attached hydrogens (tertiary/aromatic N) is 1. The SMILES string of the molecule is CN(C(=O)CCCC(=O)O)c1c(CNC(=O)c2ccccc2)cc(Cl)c2c1OCO2. The third kappa shape index (κ3) is 4.83. The van der Waals surface area contributed by atoms with Crippen molar-refractivity contribution in [2.75, 3.05) is 18.7 Å². The number of carboxylic acid groups (broad SMARTS) is 1. The van der Waals surface area contributed by atoms with Crippen molar-refractivity contribution in [2.45, 2.75) is 25.8 Å². The molecule has 1 aliphatic heterocycles. The predicted octanol–water partition coefficient (Wildman–Crippen LogP) is 3.22. The molecular formula is C21H21ClN2O6. The Morgan fingerprint density at radius 3 is 2.53 bits per heavy atom. The predicted molar refractivity (Wildman–Crippen MR) is 110 cm³/mol. The van der Waals surface area contributed by atoms with Crippen LogP contribution < -0.4 is 19.7 Å². The number of benzene rings is 2. The van der Waals surface area contributed by atoms with E-state index in [1.165, 1.54) is 4.90 Å². The molecule has 9 heteroatoms. The number of nitrogens with one attached hydrogen (secondary N) is 1. The molecule has 2 aromatic rings. The fraction of sp³-hybridized carbons (Fsp3) is 0.286. The van der Waals surface area contributed by atoms with Crippen LogP contribution in [0.2, 0.25) is 5.02 Å². The lowest BCUT2D eigenvalue weighted by atomic mass is 10.1. The van der Waals surface area contributed by atoms with E-state index in [0.717, 1.165) is 0 Å². The summed E-state index contributed by atoms with van der Waals surface area (Å²) in [7, 11) is 1.57. The maximum atomic E-state index is 12.6. The molecule has 0 spiro atoms. The summed E-state index contributed by atoms with van der Waals surface area (Å²) in [4.78, 5) is 37.2. The highest BCUT2D eigenvalue weighted by molar-refractivity contribution is 6.32. The molecule has 158 valence electrons. The largest absolute Gasteiger partial charge is 0.481 e. The van der Waals surface area contributed by atoms with Crippen LogP contribution in [0.4, 0.5) is 5.69 Å². The zero-order valence-corrected chi connectivity index (χ0v) is 17.1. The van der Waals surface area contributed by atoms with Crippen molar-refractivity contribution in [3.8, 4) is 11.5 Å². The fourth-order valence-electron chi connectivity index (χ4n) is 3.12. The Morgan fingerprint density at radius 2 is 1.83 bits per heavy atom. The molecule has 0 radical (unpaired) electrons. The van der Waals surface area contributed by atoms with E-state index < -0.39 is 5.97 Å². The van der Waals surface area contributed by atoms with Crippen molar-refractivity contribution in [1.29, 1.82) is 0 Å². The second-order valence-corrected chi connectivity index (χ2v) is 7.09. The summed E-state index contributed by atoms with van der Waals surface area (Å²) in [6.07, 6.45) is 0.167. The first-order chi connectivity index (χ1) is 14.4. The van der Waals surface area contributed by atoms with Crippen LogP contribution in [0.25, 0.3) is 0 Å². The quantitative estimate of drug-likeness (QED) is 0.663. The molecule has 1 heterocycles. The first-order valence-electron chi connectivity index (χ1n) is 9.31. The van der Waals surface area contributed by atoms with Gasteiger partial charge in [-0.3, -0.25) is 14.4 Å². The van der Waals surface area contributed by atoms with Gasteiger partial charge in [0.25, 0.3) is 5.91 Å². The standard InChI is InChI=1S/C21H21ClN2O6/c1-24(16(25)8-5-9-17(26)27)18-14(10-15(22)19-20(18)30-12-29-19)11-23-21(28)13-6-3-2-4-7-13/h2-4,6-7,10H,5,8-9,11-12H2,1H3,(H,23,28)(H,26,27). The molecule has 2 N–H and O–H groups in total. The van der Waals surface area contributed by atoms with Gasteiger partial charge in [0, 0.05) is 37.6 Å². The fourth-order valence-corrected chi connectivity index (χ4v) is 3.39. The topological polar surface area (TPSA) is 105 Å². The normalized spacial score (nSPS) is 11.8. The minimum absolute atomic E-state index is 0.0388. The maximum Gasteiger partial charge on any atom is 0.303 e. The molecule has 2 aromatic carbocycles. The number of ether oxygens (including phenoxy) is 2. The molecule has 2 amide bonds. The number of hydrogen-bond donors (Lipinski definition) is 2. The molecule has 0 aliphatic carbocycles. The molecule has 0 fully saturated rings. The molecule has 0 aromatic heterocycles. The minimum atomic E-state index is -0.959. The van der Waals surface area contributed by atoms with E-state index in [1.54, 1.807) is 37.4 Å². The number of hydrogen-bond acceptors (Lipinski definition) is 5. The van der Waals surface area contributed by atoms with Crippen LogP contribution in [-0.4, -0.2) is 36.7 Å². The third-order valence-corrected chi connectivity index (χ3v) is 4.90. The molecule has 3 rings (SSSR count). The zero-order chi connectivity index (χ0) is 21.7. The van der Waals surface area contributed by atoms with Crippen LogP contribution >= 0.6 is 11.6 Å². The lowest BCUT2D eigenvalue weighted by Crippen LogP contribution is -2.29. The van der Waals surface area contributed by atoms with Crippen LogP contribution in [0, 0.1) is 0 Å². The first kappa shape index (κ1) is 21.4. The van der Waals surface area contributed by atoms with Gasteiger partial charge >= 0.3 is 5.97 Å². The van der Waals surface area contributed by atoms with E-state index in [2.05, 4.69) is 5.32 Å². The number of rotatable bonds is 8. The van der Waals surface area contributed by atoms with E-state index in [1.807, 2.05) is 6.07 Å². The van der Waals surface area contributed by atoms with Gasteiger partial charge in [0.1, 0.15) is 0 Å². The Morgan fingerprint density at radius 1 is 1.13 bits per heavy atom. The Balaban J connectivity index is 1.84. The smallest absolute Gasteiger partial charge is 0.303 e. The minimum Gasteiger partial charge on any atom is -0.481 e. The second kappa shape index (κ2) is 9.49. The van der Waals surface area contributed by atoms with E-state index in [-0.39, 0.29) is 44.4 Å². The van der Waals surface area contributed by atoms with Crippen molar-refractivity contribution in [1.82, 2.24) is 5.32 Å². The Hall–Kier alpha value is -3.26. The summed E-state index contributed by atoms with van der Waals surface area (Å²) < 4.78 is 11.0. The average Bonchev–Trinajstić information content (AvgIpc) is 3.22. The number of halogens is 1. The second-order valence-electron chi connectivity index (χ2n) is 6.68. The van der Waals surface area contributed by atoms with Gasteiger partial charge in [-0.15, -0.1) is 0 Å². The van der Waals surface area contributed by atoms with Crippen molar-refractivity contribution in [2.24, 2.45) is 0 Å². The number of carboxylic acids is 1. The number of carbonyl (C=O) groups is 3. The summed E-state index contributed by atoms with van der Waals surface area (Å²) in [6.45, 7) is 0.0646. The van der Waals surface area contributed by atoms with Crippen LogP contribution in [0.5, 0.6) is 11.5 Å². The van der Waals surface area contributed by atoms with Gasteiger partial charge in [-0.25, -0.2) is 0 Å². The summed E-state index contributed by atoms with van der Waals surface area (Å²) in [5.41, 5.74) is 1.51. The summed E-state index contributed by atoms with van der Waals surface area (Å²) in [5, 5.41) is 11.9. The first-order valence-corrected chi connectivity index (χ1v) is 9.69. The molecular weight excluding hydrogens is 412 g/mol. The molecule has 8 nitrogen and oxygen atoms in total. The van der Waals surface area contributed by atoms with Gasteiger partial charge in [-0.1, -0.05) is 29.8 Å². The number of carbonyl (C=O) groups excluding carboxylic acids is 2. The Bertz CT molecular complexity index is 964. The van der Waals surface area contributed by atoms with Gasteiger partial charge in [-0.2, -0.15) is 0 Å². The lowest BCUT2D eigenvalue weighted by molar-refractivity contribution is -0.137. The Kier molecular flexibility index (Phi) is 6.79. The third-order valence-electron chi connectivity index (χ3n) is 4.62. The molecule has 30 heavy (non-hydrogen) atoms. The van der Waals surface area contributed by atoms with E-state index in [0.29, 0.717) is 33.3 Å². The molecule has 0 atom stereocenters. The van der Waals surface area contributed by atoms with Crippen LogP contribution in [-0.2, 0) is 16.1 Å². The van der Waals surface area contributed by atoms with Crippen molar-refractivity contribution >= 4 is 35.1 Å². The van der Waals surface area contributed by atoms with Gasteiger partial charge in [0.2, 0.25) is 12.7 Å².